The topological polar surface area (TPSA) is 0 Å². The molecular weight excluding hydrogens is 180 g/mol. The molecule has 0 aliphatic rings. The predicted molar refractivity (Wildman–Crippen MR) is 67.4 cm³/mol. The van der Waals surface area contributed by atoms with Crippen LogP contribution in [0.5, 0.6) is 0 Å². The molecule has 1 aromatic carbocycles. The Morgan fingerprint density at radius 3 is 1.80 bits per heavy atom. The molecule has 0 nitrogen and oxygen atoms in total. The molecule has 0 saturated carbocycles. The molecule has 0 atom stereocenters. The molecule has 0 aromatic heterocycles. The number of hydrogen-bond acceptors (Lipinski definition) is 0. The highest BCUT2D eigenvalue weighted by molar-refractivity contribution is 5.42. The monoisotopic (exact) mass is 203 g/mol. The summed E-state index contributed by atoms with van der Waals surface area (Å²) in [6.45, 7) is 15.8. The van der Waals surface area contributed by atoms with Crippen molar-refractivity contribution < 1.29 is 0 Å². The van der Waals surface area contributed by atoms with Crippen molar-refractivity contribution in [1.29, 1.82) is 0 Å². The van der Waals surface area contributed by atoms with E-state index >= 15 is 0 Å². The lowest BCUT2D eigenvalue weighted by Crippen LogP contribution is -2.23. The second-order valence-corrected chi connectivity index (χ2v) is 6.41. The fraction of sp³-hybridized carbons (Fsp3) is 0.600. The van der Waals surface area contributed by atoms with Crippen molar-refractivity contribution in [2.24, 2.45) is 0 Å². The van der Waals surface area contributed by atoms with Gasteiger partial charge in [-0.05, 0) is 40.5 Å². The van der Waals surface area contributed by atoms with Crippen molar-refractivity contribution in [1.82, 2.24) is 0 Å². The van der Waals surface area contributed by atoms with E-state index in [9.17, 15) is 0 Å². The van der Waals surface area contributed by atoms with E-state index in [-0.39, 0.29) is 10.8 Å². The Labute approximate surface area is 94.7 Å². The van der Waals surface area contributed by atoms with Crippen LogP contribution in [-0.2, 0) is 10.8 Å². The van der Waals surface area contributed by atoms with Gasteiger partial charge in [-0.2, -0.15) is 0 Å². The summed E-state index contributed by atoms with van der Waals surface area (Å²) in [7, 11) is 0. The van der Waals surface area contributed by atoms with Crippen molar-refractivity contribution >= 4 is 0 Å². The number of benzene rings is 1. The van der Waals surface area contributed by atoms with Crippen molar-refractivity contribution in [3.63, 3.8) is 0 Å². The van der Waals surface area contributed by atoms with Gasteiger partial charge in [-0.25, -0.2) is 0 Å². The first-order chi connectivity index (χ1) is 6.64. The lowest BCUT2D eigenvalue weighted by Gasteiger charge is -2.31. The van der Waals surface area contributed by atoms with Gasteiger partial charge in [0.1, 0.15) is 0 Å². The Morgan fingerprint density at radius 2 is 1.47 bits per heavy atom. The zero-order valence-corrected chi connectivity index (χ0v) is 11.2. The molecule has 1 radical (unpaired) electrons. The molecule has 0 aliphatic heterocycles. The summed E-state index contributed by atoms with van der Waals surface area (Å²) in [4.78, 5) is 0. The van der Waals surface area contributed by atoms with Crippen LogP contribution < -0.4 is 0 Å². The van der Waals surface area contributed by atoms with Gasteiger partial charge in [0.25, 0.3) is 0 Å². The SMILES string of the molecule is Cc1cc[c]c(C(C)(C)C)c1C(C)(C)C. The van der Waals surface area contributed by atoms with Crippen LogP contribution in [0, 0.1) is 13.0 Å². The zero-order chi connectivity index (χ0) is 11.9. The molecule has 0 unspecified atom stereocenters. The molecule has 0 amide bonds. The highest BCUT2D eigenvalue weighted by Crippen LogP contribution is 2.35. The second kappa shape index (κ2) is 3.66. The summed E-state index contributed by atoms with van der Waals surface area (Å²) in [6.07, 6.45) is 0. The van der Waals surface area contributed by atoms with Crippen LogP contribution in [0.2, 0.25) is 0 Å². The van der Waals surface area contributed by atoms with Gasteiger partial charge in [-0.3, -0.25) is 0 Å². The van der Waals surface area contributed by atoms with Gasteiger partial charge < -0.3 is 0 Å². The van der Waals surface area contributed by atoms with Crippen molar-refractivity contribution in [2.75, 3.05) is 0 Å². The van der Waals surface area contributed by atoms with E-state index < -0.39 is 0 Å². The molecule has 1 aromatic rings. The fourth-order valence-corrected chi connectivity index (χ4v) is 2.16. The molecule has 83 valence electrons. The van der Waals surface area contributed by atoms with E-state index in [0.717, 1.165) is 0 Å². The largest absolute Gasteiger partial charge is 0.0584 e. The van der Waals surface area contributed by atoms with E-state index in [1.165, 1.54) is 16.7 Å². The van der Waals surface area contributed by atoms with E-state index in [2.05, 4.69) is 60.6 Å². The third kappa shape index (κ3) is 2.62. The molecule has 0 N–H and O–H groups in total. The first-order valence-corrected chi connectivity index (χ1v) is 5.66. The molecule has 1 rings (SSSR count). The Kier molecular flexibility index (Phi) is 3.00. The van der Waals surface area contributed by atoms with Crippen LogP contribution in [0.1, 0.15) is 58.2 Å². The van der Waals surface area contributed by atoms with Crippen molar-refractivity contribution in [2.45, 2.75) is 59.3 Å². The summed E-state index contributed by atoms with van der Waals surface area (Å²) in [5.41, 5.74) is 4.57. The summed E-state index contributed by atoms with van der Waals surface area (Å²) in [5, 5.41) is 0. The minimum Gasteiger partial charge on any atom is -0.0584 e. The normalized spacial score (nSPS) is 13.0. The highest BCUT2D eigenvalue weighted by atomic mass is 14.3. The van der Waals surface area contributed by atoms with Gasteiger partial charge in [-0.15, -0.1) is 0 Å². The van der Waals surface area contributed by atoms with Crippen LogP contribution in [0.4, 0.5) is 0 Å². The maximum absolute atomic E-state index is 3.42. The Balaban J connectivity index is 3.48. The van der Waals surface area contributed by atoms with Gasteiger partial charge in [0.15, 0.2) is 0 Å². The smallest absolute Gasteiger partial charge is 0.0123 e. The third-order valence-electron chi connectivity index (χ3n) is 2.71. The van der Waals surface area contributed by atoms with Crippen molar-refractivity contribution in [3.8, 4) is 0 Å². The Bertz CT molecular complexity index is 345. The third-order valence-corrected chi connectivity index (χ3v) is 2.71. The lowest BCUT2D eigenvalue weighted by atomic mass is 9.73. The van der Waals surface area contributed by atoms with E-state index in [1.807, 2.05) is 6.07 Å². The average Bonchev–Trinajstić information content (AvgIpc) is 1.99. The number of hydrogen-bond donors (Lipinski definition) is 0. The summed E-state index contributed by atoms with van der Waals surface area (Å²) in [6, 6.07) is 7.63. The maximum atomic E-state index is 3.42. The quantitative estimate of drug-likeness (QED) is 0.586. The maximum Gasteiger partial charge on any atom is -0.0123 e. The zero-order valence-electron chi connectivity index (χ0n) is 11.2. The van der Waals surface area contributed by atoms with E-state index in [4.69, 9.17) is 0 Å². The minimum atomic E-state index is 0.175. The predicted octanol–water partition coefficient (Wildman–Crippen LogP) is 4.39. The van der Waals surface area contributed by atoms with Gasteiger partial charge in [0.05, 0.1) is 0 Å². The van der Waals surface area contributed by atoms with Crippen LogP contribution >= 0.6 is 0 Å². The van der Waals surface area contributed by atoms with Gasteiger partial charge in [-0.1, -0.05) is 53.7 Å². The average molecular weight is 203 g/mol. The summed E-state index contributed by atoms with van der Waals surface area (Å²) < 4.78 is 0. The molecular formula is C15H23. The van der Waals surface area contributed by atoms with Crippen LogP contribution in [0.3, 0.4) is 0 Å². The fourth-order valence-electron chi connectivity index (χ4n) is 2.16. The first-order valence-electron chi connectivity index (χ1n) is 5.66. The summed E-state index contributed by atoms with van der Waals surface area (Å²) >= 11 is 0. The molecule has 0 aliphatic carbocycles. The van der Waals surface area contributed by atoms with Gasteiger partial charge in [0, 0.05) is 0 Å². The Hall–Kier alpha value is -0.780. The minimum absolute atomic E-state index is 0.175. The van der Waals surface area contributed by atoms with E-state index in [1.54, 1.807) is 0 Å². The standard InChI is InChI=1S/C15H23/c1-11-9-8-10-12(14(2,3)4)13(11)15(5,6)7/h8-9H,1-7H3. The second-order valence-electron chi connectivity index (χ2n) is 6.41. The van der Waals surface area contributed by atoms with Gasteiger partial charge >= 0.3 is 0 Å². The molecule has 0 fully saturated rings. The molecule has 0 saturated heterocycles. The molecule has 0 bridgehead atoms. The van der Waals surface area contributed by atoms with Crippen LogP contribution in [0.15, 0.2) is 12.1 Å². The lowest BCUT2D eigenvalue weighted by molar-refractivity contribution is 0.526. The molecule has 0 heteroatoms. The van der Waals surface area contributed by atoms with Crippen LogP contribution in [0.25, 0.3) is 0 Å². The van der Waals surface area contributed by atoms with Crippen LogP contribution in [-0.4, -0.2) is 0 Å². The highest BCUT2D eigenvalue weighted by Gasteiger charge is 2.26. The first kappa shape index (κ1) is 12.3. The Morgan fingerprint density at radius 1 is 0.933 bits per heavy atom. The molecule has 15 heavy (non-hydrogen) atoms. The number of aryl methyl sites for hydroxylation is 1. The molecule has 0 heterocycles. The summed E-state index contributed by atoms with van der Waals surface area (Å²) in [5.74, 6) is 0. The van der Waals surface area contributed by atoms with Crippen molar-refractivity contribution in [3.05, 3.63) is 34.9 Å². The van der Waals surface area contributed by atoms with E-state index in [0.29, 0.717) is 0 Å². The molecule has 0 spiro atoms. The number of rotatable bonds is 0. The van der Waals surface area contributed by atoms with Gasteiger partial charge in [0.2, 0.25) is 0 Å².